The summed E-state index contributed by atoms with van der Waals surface area (Å²) < 4.78 is 0. The van der Waals surface area contributed by atoms with Crippen molar-refractivity contribution in [2.24, 2.45) is 0 Å². The zero-order chi connectivity index (χ0) is 4.50. The van der Waals surface area contributed by atoms with Crippen molar-refractivity contribution < 1.29 is 49.3 Å². The Kier molecular flexibility index (Phi) is 205. The molecule has 0 aliphatic carbocycles. The van der Waals surface area contributed by atoms with Gasteiger partial charge in [-0.15, -0.1) is 8.07 Å². The third kappa shape index (κ3) is 4240. The summed E-state index contributed by atoms with van der Waals surface area (Å²) in [6.45, 7) is 10.6. The summed E-state index contributed by atoms with van der Waals surface area (Å²) >= 11 is 0. The molecule has 0 aliphatic rings. The van der Waals surface area contributed by atoms with Crippen molar-refractivity contribution in [3.8, 4) is 0 Å². The van der Waals surface area contributed by atoms with Crippen LogP contribution in [-0.2, 0) is 16.5 Å². The van der Waals surface area contributed by atoms with Crippen LogP contribution < -0.4 is 0 Å². The number of hydrogen-bond acceptors (Lipinski definition) is 0. The number of rotatable bonds is 0. The van der Waals surface area contributed by atoms with E-state index in [0.29, 0.717) is 0 Å². The zero-order valence-electron chi connectivity index (χ0n) is 7.52. The van der Waals surface area contributed by atoms with Crippen molar-refractivity contribution in [1.29, 1.82) is 0 Å². The molecular formula is C4H23NiO6Si-. The average Bonchev–Trinajstić information content (AvgIpc) is 0.722. The molecule has 8 heteroatoms. The van der Waals surface area contributed by atoms with E-state index in [1.807, 2.05) is 0 Å². The molecule has 12 N–H and O–H groups in total. The minimum Gasteiger partial charge on any atom is -0.412 e. The summed E-state index contributed by atoms with van der Waals surface area (Å²) in [5.74, 6) is 0. The summed E-state index contributed by atoms with van der Waals surface area (Å²) in [6.07, 6.45) is 0. The van der Waals surface area contributed by atoms with E-state index in [0.717, 1.165) is 0 Å². The zero-order valence-corrected chi connectivity index (χ0v) is 9.51. The normalized spacial score (nSPS) is 5.00. The molecule has 0 bridgehead atoms. The predicted octanol–water partition coefficient (Wildman–Crippen LogP) is -3.25. The summed E-state index contributed by atoms with van der Waals surface area (Å²) in [5.41, 5.74) is 0. The summed E-state index contributed by atoms with van der Waals surface area (Å²) in [7, 11) is -0.861. The Morgan fingerprint density at radius 2 is 0.667 bits per heavy atom. The van der Waals surface area contributed by atoms with E-state index in [-0.39, 0.29) is 49.3 Å². The molecule has 6 nitrogen and oxygen atoms in total. The van der Waals surface area contributed by atoms with Crippen LogP contribution in [0, 0.1) is 6.55 Å². The first-order valence-electron chi connectivity index (χ1n) is 1.85. The van der Waals surface area contributed by atoms with Crippen LogP contribution >= 0.6 is 0 Å². The molecule has 0 rings (SSSR count). The Morgan fingerprint density at radius 1 is 0.667 bits per heavy atom. The second-order valence-electron chi connectivity index (χ2n) is 2.56. The summed E-state index contributed by atoms with van der Waals surface area (Å²) in [6, 6.07) is 0. The minimum absolute atomic E-state index is 0. The van der Waals surface area contributed by atoms with Gasteiger partial charge in [0, 0.05) is 16.5 Å². The van der Waals surface area contributed by atoms with Crippen LogP contribution in [0.4, 0.5) is 0 Å². The standard InChI is InChI=1S/C4H11Si.Ni.6H2O/c1-5(2,3)4;;;;;;;/h1H2,2-4H3;;6*1H2/q-1;;;;;;;. The Hall–Kier alpha value is 0.470. The predicted molar refractivity (Wildman–Crippen MR) is 50.4 cm³/mol. The molecule has 0 fully saturated rings. The van der Waals surface area contributed by atoms with E-state index in [2.05, 4.69) is 26.2 Å². The van der Waals surface area contributed by atoms with Gasteiger partial charge in [0.2, 0.25) is 0 Å². The number of hydrogen-bond donors (Lipinski definition) is 0. The molecule has 12 heavy (non-hydrogen) atoms. The monoisotopic (exact) mass is 253 g/mol. The van der Waals surface area contributed by atoms with Gasteiger partial charge in [0.15, 0.2) is 0 Å². The fourth-order valence-electron chi connectivity index (χ4n) is 0. The van der Waals surface area contributed by atoms with Crippen molar-refractivity contribution >= 4 is 8.07 Å². The first-order chi connectivity index (χ1) is 2.00. The molecule has 0 spiro atoms. The molecule has 0 aromatic carbocycles. The molecule has 0 saturated heterocycles. The Morgan fingerprint density at radius 3 is 0.667 bits per heavy atom. The first kappa shape index (κ1) is 82.1. The maximum absolute atomic E-state index is 3.91. The molecule has 0 amide bonds. The van der Waals surface area contributed by atoms with Crippen LogP contribution in [0.5, 0.6) is 0 Å². The van der Waals surface area contributed by atoms with Crippen LogP contribution in [0.25, 0.3) is 0 Å². The van der Waals surface area contributed by atoms with Gasteiger partial charge in [-0.05, 0) is 0 Å². The fourth-order valence-corrected chi connectivity index (χ4v) is 0. The quantitative estimate of drug-likeness (QED) is 0.310. The van der Waals surface area contributed by atoms with Crippen molar-refractivity contribution in [3.63, 3.8) is 0 Å². The Bertz CT molecular complexity index is 35.0. The molecule has 0 atom stereocenters. The molecule has 0 saturated carbocycles. The molecule has 0 aromatic heterocycles. The third-order valence-corrected chi connectivity index (χ3v) is 0. The third-order valence-electron chi connectivity index (χ3n) is 0. The van der Waals surface area contributed by atoms with Gasteiger partial charge in [-0.3, -0.25) is 0 Å². The van der Waals surface area contributed by atoms with E-state index < -0.39 is 8.07 Å². The largest absolute Gasteiger partial charge is 0.412 e. The minimum atomic E-state index is -0.861. The molecule has 0 unspecified atom stereocenters. The van der Waals surface area contributed by atoms with Crippen molar-refractivity contribution in [2.45, 2.75) is 19.6 Å². The van der Waals surface area contributed by atoms with Gasteiger partial charge in [-0.2, -0.15) is 0 Å². The molecule has 90 valence electrons. The SMILES string of the molecule is O.O.O.O.O.O.[CH2-][Si](C)(C)C.[Ni]. The van der Waals surface area contributed by atoms with Gasteiger partial charge >= 0.3 is 0 Å². The second kappa shape index (κ2) is 30.0. The fraction of sp³-hybridized carbons (Fsp3) is 0.750. The molecule has 0 aromatic rings. The van der Waals surface area contributed by atoms with E-state index in [9.17, 15) is 0 Å². The second-order valence-corrected chi connectivity index (χ2v) is 7.68. The maximum atomic E-state index is 3.91. The Balaban J connectivity index is -0.00000000381. The topological polar surface area (TPSA) is 189 Å². The van der Waals surface area contributed by atoms with Gasteiger partial charge in [0.25, 0.3) is 0 Å². The first-order valence-corrected chi connectivity index (χ1v) is 5.56. The van der Waals surface area contributed by atoms with Crippen LogP contribution in [0.1, 0.15) is 0 Å². The van der Waals surface area contributed by atoms with Crippen molar-refractivity contribution in [2.75, 3.05) is 0 Å². The molecule has 0 heterocycles. The Labute approximate surface area is 84.1 Å². The van der Waals surface area contributed by atoms with Crippen molar-refractivity contribution in [1.82, 2.24) is 0 Å². The summed E-state index contributed by atoms with van der Waals surface area (Å²) in [5, 5.41) is 0. The van der Waals surface area contributed by atoms with Crippen molar-refractivity contribution in [3.05, 3.63) is 6.55 Å². The van der Waals surface area contributed by atoms with Gasteiger partial charge < -0.3 is 39.4 Å². The maximum Gasteiger partial charge on any atom is 0 e. The molecule has 0 aliphatic heterocycles. The summed E-state index contributed by atoms with van der Waals surface area (Å²) in [4.78, 5) is 0. The van der Waals surface area contributed by atoms with Gasteiger partial charge in [-0.25, -0.2) is 0 Å². The van der Waals surface area contributed by atoms with Gasteiger partial charge in [-0.1, -0.05) is 19.6 Å². The van der Waals surface area contributed by atoms with Crippen LogP contribution in [-0.4, -0.2) is 40.9 Å². The van der Waals surface area contributed by atoms with Gasteiger partial charge in [0.1, 0.15) is 0 Å². The van der Waals surface area contributed by atoms with E-state index in [4.69, 9.17) is 0 Å². The van der Waals surface area contributed by atoms with E-state index >= 15 is 0 Å². The van der Waals surface area contributed by atoms with E-state index in [1.54, 1.807) is 0 Å². The van der Waals surface area contributed by atoms with Crippen LogP contribution in [0.2, 0.25) is 19.6 Å². The average molecular weight is 254 g/mol. The van der Waals surface area contributed by atoms with Crippen LogP contribution in [0.15, 0.2) is 0 Å². The van der Waals surface area contributed by atoms with Gasteiger partial charge in [0.05, 0.1) is 0 Å². The molecule has 0 radical (unpaired) electrons. The van der Waals surface area contributed by atoms with E-state index in [1.165, 1.54) is 0 Å². The molecular weight excluding hydrogens is 231 g/mol. The van der Waals surface area contributed by atoms with Crippen LogP contribution in [0.3, 0.4) is 0 Å². The smallest absolute Gasteiger partial charge is 0 e.